The maximum atomic E-state index is 12.8. The van der Waals surface area contributed by atoms with E-state index in [-0.39, 0.29) is 48.2 Å². The van der Waals surface area contributed by atoms with Gasteiger partial charge in [-0.05, 0) is 38.5 Å². The van der Waals surface area contributed by atoms with Gasteiger partial charge in [0.15, 0.2) is 5.78 Å². The SMILES string of the molecule is CC(=O)[C@H](CCCNC(N)=O)NC(=O)[C@@H](NC(=O)CCCCCN1C(=O)C[C@H](C)C1=O)C(C)C. The van der Waals surface area contributed by atoms with E-state index in [0.717, 1.165) is 0 Å². The molecule has 1 heterocycles. The van der Waals surface area contributed by atoms with Gasteiger partial charge in [0, 0.05) is 31.8 Å². The first kappa shape index (κ1) is 29.1. The molecule has 1 rings (SSSR count). The second-order valence-corrected chi connectivity index (χ2v) is 9.19. The van der Waals surface area contributed by atoms with Gasteiger partial charge in [-0.2, -0.15) is 0 Å². The molecule has 1 aliphatic rings. The Labute approximate surface area is 200 Å². The Balaban J connectivity index is 2.44. The van der Waals surface area contributed by atoms with E-state index in [9.17, 15) is 28.8 Å². The number of carbonyl (C=O) groups is 6. The van der Waals surface area contributed by atoms with Crippen molar-refractivity contribution < 1.29 is 28.8 Å². The van der Waals surface area contributed by atoms with Crippen molar-refractivity contribution in [3.05, 3.63) is 0 Å². The highest BCUT2D eigenvalue weighted by Gasteiger charge is 2.34. The number of ketones is 1. The topological polar surface area (TPSA) is 168 Å². The number of amides is 6. The summed E-state index contributed by atoms with van der Waals surface area (Å²) >= 11 is 0. The van der Waals surface area contributed by atoms with Gasteiger partial charge in [-0.1, -0.05) is 27.2 Å². The summed E-state index contributed by atoms with van der Waals surface area (Å²) in [6.07, 6.45) is 3.12. The van der Waals surface area contributed by atoms with Crippen molar-refractivity contribution in [3.63, 3.8) is 0 Å². The lowest BCUT2D eigenvalue weighted by Gasteiger charge is -2.24. The fourth-order valence-electron chi connectivity index (χ4n) is 3.75. The van der Waals surface area contributed by atoms with Crippen LogP contribution in [0, 0.1) is 11.8 Å². The lowest BCUT2D eigenvalue weighted by molar-refractivity contribution is -0.139. The molecule has 0 spiro atoms. The number of imide groups is 1. The predicted molar refractivity (Wildman–Crippen MR) is 125 cm³/mol. The first-order valence-corrected chi connectivity index (χ1v) is 11.9. The van der Waals surface area contributed by atoms with Gasteiger partial charge in [-0.3, -0.25) is 28.9 Å². The number of carbonyl (C=O) groups excluding carboxylic acids is 6. The number of nitrogens with two attached hydrogens (primary N) is 1. The van der Waals surface area contributed by atoms with Gasteiger partial charge >= 0.3 is 6.03 Å². The molecular formula is C23H39N5O6. The van der Waals surface area contributed by atoms with Gasteiger partial charge in [-0.25, -0.2) is 4.79 Å². The van der Waals surface area contributed by atoms with E-state index in [4.69, 9.17) is 5.73 Å². The normalized spacial score (nSPS) is 17.4. The number of urea groups is 1. The molecule has 3 atom stereocenters. The monoisotopic (exact) mass is 481 g/mol. The van der Waals surface area contributed by atoms with Crippen LogP contribution in [0.25, 0.3) is 0 Å². The third-order valence-corrected chi connectivity index (χ3v) is 5.80. The number of nitrogens with zero attached hydrogens (tertiary/aromatic N) is 1. The highest BCUT2D eigenvalue weighted by molar-refractivity contribution is 6.03. The number of hydrogen-bond acceptors (Lipinski definition) is 6. The third kappa shape index (κ3) is 9.88. The minimum atomic E-state index is -0.792. The highest BCUT2D eigenvalue weighted by atomic mass is 16.2. The van der Waals surface area contributed by atoms with Crippen LogP contribution >= 0.6 is 0 Å². The van der Waals surface area contributed by atoms with Gasteiger partial charge in [0.25, 0.3) is 0 Å². The van der Waals surface area contributed by atoms with E-state index in [2.05, 4.69) is 16.0 Å². The number of Topliss-reactive ketones (excluding diaryl/α,β-unsaturated/α-hetero) is 1. The van der Waals surface area contributed by atoms with Crippen LogP contribution in [0.2, 0.25) is 0 Å². The predicted octanol–water partition coefficient (Wildman–Crippen LogP) is 0.605. The maximum absolute atomic E-state index is 12.8. The number of nitrogens with one attached hydrogen (secondary N) is 3. The molecule has 0 bridgehead atoms. The van der Waals surface area contributed by atoms with E-state index in [1.807, 2.05) is 0 Å². The smallest absolute Gasteiger partial charge is 0.312 e. The summed E-state index contributed by atoms with van der Waals surface area (Å²) in [5.74, 6) is -1.66. The molecule has 34 heavy (non-hydrogen) atoms. The number of hydrogen-bond donors (Lipinski definition) is 4. The van der Waals surface area contributed by atoms with Gasteiger partial charge in [0.1, 0.15) is 6.04 Å². The number of primary amides is 1. The Morgan fingerprint density at radius 2 is 1.74 bits per heavy atom. The van der Waals surface area contributed by atoms with Crippen LogP contribution < -0.4 is 21.7 Å². The molecule has 11 heteroatoms. The van der Waals surface area contributed by atoms with Crippen LogP contribution in [0.15, 0.2) is 0 Å². The molecule has 0 aromatic carbocycles. The Bertz CT molecular complexity index is 769. The Morgan fingerprint density at radius 1 is 1.06 bits per heavy atom. The van der Waals surface area contributed by atoms with Crippen LogP contribution in [0.5, 0.6) is 0 Å². The van der Waals surface area contributed by atoms with Gasteiger partial charge in [-0.15, -0.1) is 0 Å². The Morgan fingerprint density at radius 3 is 2.26 bits per heavy atom. The molecule has 1 saturated heterocycles. The summed E-state index contributed by atoms with van der Waals surface area (Å²) in [5.41, 5.74) is 5.01. The van der Waals surface area contributed by atoms with Gasteiger partial charge < -0.3 is 21.7 Å². The molecule has 5 N–H and O–H groups in total. The lowest BCUT2D eigenvalue weighted by Crippen LogP contribution is -2.53. The highest BCUT2D eigenvalue weighted by Crippen LogP contribution is 2.19. The van der Waals surface area contributed by atoms with E-state index >= 15 is 0 Å². The molecule has 1 aliphatic heterocycles. The molecule has 11 nitrogen and oxygen atoms in total. The van der Waals surface area contributed by atoms with Crippen molar-refractivity contribution in [2.24, 2.45) is 17.6 Å². The van der Waals surface area contributed by atoms with Crippen LogP contribution in [0.3, 0.4) is 0 Å². The van der Waals surface area contributed by atoms with Gasteiger partial charge in [0.05, 0.1) is 6.04 Å². The molecule has 192 valence electrons. The minimum absolute atomic E-state index is 0.137. The van der Waals surface area contributed by atoms with Crippen LogP contribution in [-0.2, 0) is 24.0 Å². The summed E-state index contributed by atoms with van der Waals surface area (Å²) < 4.78 is 0. The summed E-state index contributed by atoms with van der Waals surface area (Å²) in [4.78, 5) is 72.8. The number of unbranched alkanes of at least 4 members (excludes halogenated alkanes) is 2. The quantitative estimate of drug-likeness (QED) is 0.197. The van der Waals surface area contributed by atoms with E-state index in [0.29, 0.717) is 45.2 Å². The molecule has 6 amide bonds. The van der Waals surface area contributed by atoms with Crippen molar-refractivity contribution in [1.82, 2.24) is 20.9 Å². The fraction of sp³-hybridized carbons (Fsp3) is 0.739. The van der Waals surface area contributed by atoms with Crippen LogP contribution in [-0.4, -0.2) is 65.5 Å². The van der Waals surface area contributed by atoms with Crippen LogP contribution in [0.1, 0.15) is 72.6 Å². The molecule has 0 aromatic rings. The van der Waals surface area contributed by atoms with Crippen molar-refractivity contribution in [2.45, 2.75) is 84.7 Å². The summed E-state index contributed by atoms with van der Waals surface area (Å²) in [7, 11) is 0. The molecule has 0 aliphatic carbocycles. The lowest BCUT2D eigenvalue weighted by atomic mass is 10.0. The van der Waals surface area contributed by atoms with Crippen molar-refractivity contribution in [1.29, 1.82) is 0 Å². The minimum Gasteiger partial charge on any atom is -0.352 e. The van der Waals surface area contributed by atoms with E-state index < -0.39 is 24.0 Å². The largest absolute Gasteiger partial charge is 0.352 e. The first-order valence-electron chi connectivity index (χ1n) is 11.9. The maximum Gasteiger partial charge on any atom is 0.312 e. The molecule has 1 fully saturated rings. The molecule has 0 unspecified atom stereocenters. The van der Waals surface area contributed by atoms with Crippen molar-refractivity contribution in [2.75, 3.05) is 13.1 Å². The number of likely N-dealkylation sites (tertiary alicyclic amines) is 1. The average molecular weight is 482 g/mol. The van der Waals surface area contributed by atoms with Crippen LogP contribution in [0.4, 0.5) is 4.79 Å². The standard InChI is InChI=1S/C23H39N5O6/c1-14(2)20(21(32)26-17(16(4)29)9-8-11-25-23(24)34)27-18(30)10-6-5-7-12-28-19(31)13-15(3)22(28)33/h14-15,17,20H,5-13H2,1-4H3,(H,26,32)(H,27,30)(H3,24,25,34)/t15-,17-,20-/m0/s1. The average Bonchev–Trinajstić information content (AvgIpc) is 2.98. The molecular weight excluding hydrogens is 442 g/mol. The zero-order valence-corrected chi connectivity index (χ0v) is 20.6. The molecule has 0 saturated carbocycles. The Hall–Kier alpha value is -2.98. The summed E-state index contributed by atoms with van der Waals surface area (Å²) in [5, 5.41) is 7.87. The summed E-state index contributed by atoms with van der Waals surface area (Å²) in [6, 6.07) is -2.17. The number of rotatable bonds is 15. The Kier molecular flexibility index (Phi) is 12.2. The van der Waals surface area contributed by atoms with Gasteiger partial charge in [0.2, 0.25) is 23.6 Å². The molecule has 0 radical (unpaired) electrons. The molecule has 0 aromatic heterocycles. The third-order valence-electron chi connectivity index (χ3n) is 5.80. The van der Waals surface area contributed by atoms with Crippen molar-refractivity contribution >= 4 is 35.4 Å². The second-order valence-electron chi connectivity index (χ2n) is 9.19. The van der Waals surface area contributed by atoms with E-state index in [1.165, 1.54) is 11.8 Å². The zero-order valence-electron chi connectivity index (χ0n) is 20.6. The van der Waals surface area contributed by atoms with E-state index in [1.54, 1.807) is 20.8 Å². The zero-order chi connectivity index (χ0) is 25.8. The summed E-state index contributed by atoms with van der Waals surface area (Å²) in [6.45, 7) is 7.37. The second kappa shape index (κ2) is 14.3. The fourth-order valence-corrected chi connectivity index (χ4v) is 3.75. The van der Waals surface area contributed by atoms with Crippen molar-refractivity contribution in [3.8, 4) is 0 Å². The first-order chi connectivity index (χ1) is 15.9.